The van der Waals surface area contributed by atoms with Crippen LogP contribution in [0.2, 0.25) is 0 Å². The molecule has 124 valence electrons. The average molecular weight is 317 g/mol. The molecule has 0 saturated heterocycles. The van der Waals surface area contributed by atoms with Crippen LogP contribution in [-0.4, -0.2) is 35.6 Å². The quantitative estimate of drug-likeness (QED) is 0.777. The molecular formula is C17H23N3O3. The van der Waals surface area contributed by atoms with Crippen molar-refractivity contribution in [1.82, 2.24) is 15.3 Å². The van der Waals surface area contributed by atoms with Gasteiger partial charge in [-0.05, 0) is 31.9 Å². The number of amides is 1. The fraction of sp³-hybridized carbons (Fsp3) is 0.471. The monoisotopic (exact) mass is 317 g/mol. The van der Waals surface area contributed by atoms with E-state index < -0.39 is 0 Å². The fourth-order valence-corrected chi connectivity index (χ4v) is 2.29. The van der Waals surface area contributed by atoms with Crippen LogP contribution < -0.4 is 10.9 Å². The molecule has 1 amide bonds. The SMILES string of the molecule is CO[C@H](C)CCNC(=O)CCCc1nc2ccccc2c(=O)[nH]1. The summed E-state index contributed by atoms with van der Waals surface area (Å²) in [5.41, 5.74) is 0.549. The van der Waals surface area contributed by atoms with E-state index in [1.807, 2.05) is 25.1 Å². The number of rotatable bonds is 8. The van der Waals surface area contributed by atoms with E-state index in [9.17, 15) is 9.59 Å². The Morgan fingerprint density at radius 2 is 2.17 bits per heavy atom. The van der Waals surface area contributed by atoms with Gasteiger partial charge in [-0.1, -0.05) is 12.1 Å². The highest BCUT2D eigenvalue weighted by Gasteiger charge is 2.06. The summed E-state index contributed by atoms with van der Waals surface area (Å²) in [6, 6.07) is 7.23. The zero-order valence-corrected chi connectivity index (χ0v) is 13.6. The lowest BCUT2D eigenvalue weighted by atomic mass is 10.2. The summed E-state index contributed by atoms with van der Waals surface area (Å²) >= 11 is 0. The van der Waals surface area contributed by atoms with Crippen LogP contribution >= 0.6 is 0 Å². The number of carbonyl (C=O) groups excluding carboxylic acids is 1. The zero-order valence-electron chi connectivity index (χ0n) is 13.6. The largest absolute Gasteiger partial charge is 0.382 e. The summed E-state index contributed by atoms with van der Waals surface area (Å²) in [6.07, 6.45) is 2.57. The Balaban J connectivity index is 1.80. The molecule has 23 heavy (non-hydrogen) atoms. The normalized spacial score (nSPS) is 12.3. The van der Waals surface area contributed by atoms with Gasteiger partial charge in [0.05, 0.1) is 17.0 Å². The van der Waals surface area contributed by atoms with Gasteiger partial charge in [0.15, 0.2) is 0 Å². The van der Waals surface area contributed by atoms with Gasteiger partial charge in [0.25, 0.3) is 5.56 Å². The molecule has 0 aliphatic rings. The Morgan fingerprint density at radius 3 is 2.96 bits per heavy atom. The molecule has 6 heteroatoms. The molecule has 0 aliphatic carbocycles. The second-order valence-corrected chi connectivity index (χ2v) is 5.57. The van der Waals surface area contributed by atoms with Crippen LogP contribution in [0.25, 0.3) is 10.9 Å². The van der Waals surface area contributed by atoms with Gasteiger partial charge in [0.2, 0.25) is 5.91 Å². The highest BCUT2D eigenvalue weighted by Crippen LogP contribution is 2.07. The van der Waals surface area contributed by atoms with Crippen LogP contribution in [0.1, 0.15) is 32.0 Å². The molecule has 2 N–H and O–H groups in total. The third kappa shape index (κ3) is 5.17. The van der Waals surface area contributed by atoms with Gasteiger partial charge in [-0.25, -0.2) is 4.98 Å². The van der Waals surface area contributed by atoms with E-state index >= 15 is 0 Å². The third-order valence-corrected chi connectivity index (χ3v) is 3.75. The van der Waals surface area contributed by atoms with Crippen molar-refractivity contribution < 1.29 is 9.53 Å². The first-order chi connectivity index (χ1) is 11.1. The van der Waals surface area contributed by atoms with E-state index in [4.69, 9.17) is 4.74 Å². The van der Waals surface area contributed by atoms with Crippen LogP contribution in [0.15, 0.2) is 29.1 Å². The number of hydrogen-bond acceptors (Lipinski definition) is 4. The summed E-state index contributed by atoms with van der Waals surface area (Å²) < 4.78 is 5.12. The average Bonchev–Trinajstić information content (AvgIpc) is 2.54. The third-order valence-electron chi connectivity index (χ3n) is 3.75. The summed E-state index contributed by atoms with van der Waals surface area (Å²) in [4.78, 5) is 30.9. The topological polar surface area (TPSA) is 84.1 Å². The molecule has 2 aromatic rings. The molecule has 0 spiro atoms. The molecule has 0 saturated carbocycles. The predicted octanol–water partition coefficient (Wildman–Crippen LogP) is 1.79. The number of fused-ring (bicyclic) bond motifs is 1. The maximum atomic E-state index is 11.9. The summed E-state index contributed by atoms with van der Waals surface area (Å²) in [5, 5.41) is 3.45. The van der Waals surface area contributed by atoms with E-state index in [1.54, 1.807) is 13.2 Å². The van der Waals surface area contributed by atoms with Gasteiger partial charge in [0.1, 0.15) is 5.82 Å². The maximum absolute atomic E-state index is 11.9. The summed E-state index contributed by atoms with van der Waals surface area (Å²) in [7, 11) is 1.66. The van der Waals surface area contributed by atoms with Gasteiger partial charge >= 0.3 is 0 Å². The van der Waals surface area contributed by atoms with Gasteiger partial charge < -0.3 is 15.0 Å². The first-order valence-electron chi connectivity index (χ1n) is 7.87. The number of H-pyrrole nitrogens is 1. The zero-order chi connectivity index (χ0) is 16.7. The molecule has 0 fully saturated rings. The number of ether oxygens (including phenoxy) is 1. The number of benzene rings is 1. The van der Waals surface area contributed by atoms with Crippen LogP contribution in [0.3, 0.4) is 0 Å². The lowest BCUT2D eigenvalue weighted by molar-refractivity contribution is -0.121. The number of nitrogens with zero attached hydrogens (tertiary/aromatic N) is 1. The number of carbonyl (C=O) groups is 1. The van der Waals surface area contributed by atoms with E-state index in [1.165, 1.54) is 0 Å². The Hall–Kier alpha value is -2.21. The number of aromatic nitrogens is 2. The van der Waals surface area contributed by atoms with Crippen molar-refractivity contribution in [3.05, 3.63) is 40.4 Å². The van der Waals surface area contributed by atoms with Crippen molar-refractivity contribution in [3.8, 4) is 0 Å². The van der Waals surface area contributed by atoms with Crippen LogP contribution in [0.4, 0.5) is 0 Å². The standard InChI is InChI=1S/C17H23N3O3/c1-12(23-2)10-11-18-16(21)9-5-8-15-19-14-7-4-3-6-13(14)17(22)20-15/h3-4,6-7,12H,5,8-11H2,1-2H3,(H,18,21)(H,19,20,22)/t12-/m1/s1. The molecular weight excluding hydrogens is 294 g/mol. The Labute approximate surface area is 135 Å². The lowest BCUT2D eigenvalue weighted by Crippen LogP contribution is -2.26. The van der Waals surface area contributed by atoms with Gasteiger partial charge in [0, 0.05) is 26.5 Å². The number of nitrogens with one attached hydrogen (secondary N) is 2. The Morgan fingerprint density at radius 1 is 1.39 bits per heavy atom. The molecule has 0 aliphatic heterocycles. The van der Waals surface area contributed by atoms with E-state index in [0.717, 1.165) is 6.42 Å². The number of methoxy groups -OCH3 is 1. The van der Waals surface area contributed by atoms with Crippen LogP contribution in [0, 0.1) is 0 Å². The molecule has 0 unspecified atom stereocenters. The molecule has 1 atom stereocenters. The molecule has 1 aromatic heterocycles. The molecule has 1 aromatic carbocycles. The first-order valence-corrected chi connectivity index (χ1v) is 7.87. The minimum absolute atomic E-state index is 0.0106. The maximum Gasteiger partial charge on any atom is 0.258 e. The van der Waals surface area contributed by atoms with Gasteiger partial charge in [-0.15, -0.1) is 0 Å². The molecule has 6 nitrogen and oxygen atoms in total. The number of hydrogen-bond donors (Lipinski definition) is 2. The predicted molar refractivity (Wildman–Crippen MR) is 89.4 cm³/mol. The lowest BCUT2D eigenvalue weighted by Gasteiger charge is -2.10. The van der Waals surface area contributed by atoms with E-state index in [2.05, 4.69) is 15.3 Å². The first kappa shape index (κ1) is 17.1. The van der Waals surface area contributed by atoms with Crippen molar-refractivity contribution in [3.63, 3.8) is 0 Å². The minimum Gasteiger partial charge on any atom is -0.382 e. The van der Waals surface area contributed by atoms with Crippen molar-refractivity contribution in [2.24, 2.45) is 0 Å². The molecule has 0 radical (unpaired) electrons. The van der Waals surface area contributed by atoms with E-state index in [-0.39, 0.29) is 17.6 Å². The Bertz CT molecular complexity index is 712. The summed E-state index contributed by atoms with van der Waals surface area (Å²) in [5.74, 6) is 0.631. The minimum atomic E-state index is -0.136. The van der Waals surface area contributed by atoms with Crippen molar-refractivity contribution in [1.29, 1.82) is 0 Å². The Kier molecular flexibility index (Phi) is 6.29. The fourth-order valence-electron chi connectivity index (χ4n) is 2.29. The second kappa shape index (κ2) is 8.43. The van der Waals surface area contributed by atoms with Crippen molar-refractivity contribution in [2.75, 3.05) is 13.7 Å². The highest BCUT2D eigenvalue weighted by molar-refractivity contribution is 5.77. The second-order valence-electron chi connectivity index (χ2n) is 5.57. The van der Waals surface area contributed by atoms with Crippen LogP contribution in [-0.2, 0) is 16.0 Å². The molecule has 0 bridgehead atoms. The van der Waals surface area contributed by atoms with Crippen molar-refractivity contribution >= 4 is 16.8 Å². The highest BCUT2D eigenvalue weighted by atomic mass is 16.5. The van der Waals surface area contributed by atoms with E-state index in [0.29, 0.717) is 42.5 Å². The molecule has 2 rings (SSSR count). The van der Waals surface area contributed by atoms with Gasteiger partial charge in [-0.3, -0.25) is 9.59 Å². The number of aryl methyl sites for hydroxylation is 1. The van der Waals surface area contributed by atoms with Crippen molar-refractivity contribution in [2.45, 2.75) is 38.7 Å². The number of para-hydroxylation sites is 1. The smallest absolute Gasteiger partial charge is 0.258 e. The summed E-state index contributed by atoms with van der Waals surface area (Å²) in [6.45, 7) is 2.58. The molecule has 1 heterocycles. The number of aromatic amines is 1. The van der Waals surface area contributed by atoms with Gasteiger partial charge in [-0.2, -0.15) is 0 Å². The van der Waals surface area contributed by atoms with Crippen LogP contribution in [0.5, 0.6) is 0 Å².